The van der Waals surface area contributed by atoms with Gasteiger partial charge < -0.3 is 5.32 Å². The molecule has 1 fully saturated rings. The Hall–Kier alpha value is 0.270. The minimum Gasteiger partial charge on any atom is -0.314 e. The standard InChI is InChI=1S/C9H20N2S/c1-8(4-5-12-3)11(2)9-6-10-7-9/h8-10H,4-7H2,1-3H3. The van der Waals surface area contributed by atoms with Gasteiger partial charge in [-0.15, -0.1) is 0 Å². The van der Waals surface area contributed by atoms with Gasteiger partial charge in [-0.25, -0.2) is 0 Å². The van der Waals surface area contributed by atoms with Crippen LogP contribution < -0.4 is 5.32 Å². The molecule has 3 heteroatoms. The Morgan fingerprint density at radius 1 is 1.58 bits per heavy atom. The number of nitrogens with one attached hydrogen (secondary N) is 1. The van der Waals surface area contributed by atoms with Gasteiger partial charge in [0.05, 0.1) is 0 Å². The third kappa shape index (κ3) is 2.64. The number of rotatable bonds is 5. The number of nitrogens with zero attached hydrogens (tertiary/aromatic N) is 1. The highest BCUT2D eigenvalue weighted by molar-refractivity contribution is 7.98. The van der Waals surface area contributed by atoms with Crippen molar-refractivity contribution in [2.75, 3.05) is 32.1 Å². The Kier molecular flexibility index (Phi) is 4.40. The summed E-state index contributed by atoms with van der Waals surface area (Å²) in [5, 5.41) is 3.31. The zero-order chi connectivity index (χ0) is 8.97. The zero-order valence-corrected chi connectivity index (χ0v) is 9.16. The number of hydrogen-bond donors (Lipinski definition) is 1. The van der Waals surface area contributed by atoms with Crippen LogP contribution in [0.2, 0.25) is 0 Å². The highest BCUT2D eigenvalue weighted by Crippen LogP contribution is 2.11. The Balaban J connectivity index is 2.15. The van der Waals surface area contributed by atoms with Crippen LogP contribution in [0.15, 0.2) is 0 Å². The van der Waals surface area contributed by atoms with Crippen molar-refractivity contribution in [3.05, 3.63) is 0 Å². The highest BCUT2D eigenvalue weighted by Gasteiger charge is 2.24. The lowest BCUT2D eigenvalue weighted by atomic mass is 10.1. The van der Waals surface area contributed by atoms with Crippen LogP contribution in [0.5, 0.6) is 0 Å². The fourth-order valence-corrected chi connectivity index (χ4v) is 1.99. The fraction of sp³-hybridized carbons (Fsp3) is 1.00. The van der Waals surface area contributed by atoms with E-state index in [1.807, 2.05) is 11.8 Å². The molecule has 1 N–H and O–H groups in total. The average molecular weight is 188 g/mol. The predicted octanol–water partition coefficient (Wildman–Crippen LogP) is 1.03. The SMILES string of the molecule is CSCCC(C)N(C)C1CNC1. The van der Waals surface area contributed by atoms with E-state index < -0.39 is 0 Å². The molecule has 1 aliphatic rings. The molecule has 1 atom stereocenters. The molecule has 1 aliphatic heterocycles. The molecule has 0 aliphatic carbocycles. The van der Waals surface area contributed by atoms with Crippen molar-refractivity contribution in [1.82, 2.24) is 10.2 Å². The summed E-state index contributed by atoms with van der Waals surface area (Å²) in [5.41, 5.74) is 0. The van der Waals surface area contributed by atoms with Crippen LogP contribution in [0.1, 0.15) is 13.3 Å². The van der Waals surface area contributed by atoms with Gasteiger partial charge in [-0.3, -0.25) is 4.90 Å². The molecule has 1 rings (SSSR count). The van der Waals surface area contributed by atoms with Gasteiger partial charge in [-0.2, -0.15) is 11.8 Å². The topological polar surface area (TPSA) is 15.3 Å². The Labute approximate surface area is 80.1 Å². The van der Waals surface area contributed by atoms with E-state index in [4.69, 9.17) is 0 Å². The van der Waals surface area contributed by atoms with Crippen LogP contribution in [0.3, 0.4) is 0 Å². The van der Waals surface area contributed by atoms with Crippen LogP contribution in [-0.4, -0.2) is 49.1 Å². The Morgan fingerprint density at radius 3 is 2.67 bits per heavy atom. The second-order valence-electron chi connectivity index (χ2n) is 3.61. The smallest absolute Gasteiger partial charge is 0.0345 e. The van der Waals surface area contributed by atoms with E-state index in [9.17, 15) is 0 Å². The molecular weight excluding hydrogens is 168 g/mol. The Morgan fingerprint density at radius 2 is 2.25 bits per heavy atom. The first-order valence-electron chi connectivity index (χ1n) is 4.67. The first-order valence-corrected chi connectivity index (χ1v) is 6.06. The first kappa shape index (κ1) is 10.4. The van der Waals surface area contributed by atoms with Crippen molar-refractivity contribution in [3.8, 4) is 0 Å². The highest BCUT2D eigenvalue weighted by atomic mass is 32.2. The van der Waals surface area contributed by atoms with E-state index >= 15 is 0 Å². The van der Waals surface area contributed by atoms with Gasteiger partial charge in [-0.05, 0) is 32.4 Å². The molecule has 1 heterocycles. The van der Waals surface area contributed by atoms with E-state index in [-0.39, 0.29) is 0 Å². The van der Waals surface area contributed by atoms with Crippen molar-refractivity contribution in [1.29, 1.82) is 0 Å². The summed E-state index contributed by atoms with van der Waals surface area (Å²) in [6, 6.07) is 1.53. The molecule has 0 spiro atoms. The molecule has 0 saturated carbocycles. The maximum atomic E-state index is 3.31. The van der Waals surface area contributed by atoms with Gasteiger partial charge in [0.25, 0.3) is 0 Å². The molecule has 1 saturated heterocycles. The van der Waals surface area contributed by atoms with E-state index in [1.54, 1.807) is 0 Å². The number of likely N-dealkylation sites (N-methyl/N-ethyl adjacent to an activating group) is 1. The van der Waals surface area contributed by atoms with Crippen LogP contribution >= 0.6 is 11.8 Å². The lowest BCUT2D eigenvalue weighted by Crippen LogP contribution is -2.58. The predicted molar refractivity (Wildman–Crippen MR) is 56.9 cm³/mol. The lowest BCUT2D eigenvalue weighted by molar-refractivity contribution is 0.134. The fourth-order valence-electron chi connectivity index (χ4n) is 1.41. The number of thioether (sulfide) groups is 1. The third-order valence-electron chi connectivity index (χ3n) is 2.77. The van der Waals surface area contributed by atoms with Crippen LogP contribution in [0.4, 0.5) is 0 Å². The molecular formula is C9H20N2S. The minimum atomic E-state index is 0.740. The summed E-state index contributed by atoms with van der Waals surface area (Å²) < 4.78 is 0. The largest absolute Gasteiger partial charge is 0.314 e. The molecule has 0 aromatic rings. The quantitative estimate of drug-likeness (QED) is 0.694. The molecule has 1 unspecified atom stereocenters. The lowest BCUT2D eigenvalue weighted by Gasteiger charge is -2.39. The van der Waals surface area contributed by atoms with Gasteiger partial charge in [0.15, 0.2) is 0 Å². The van der Waals surface area contributed by atoms with Gasteiger partial charge in [0.2, 0.25) is 0 Å². The van der Waals surface area contributed by atoms with Gasteiger partial charge in [0, 0.05) is 25.2 Å². The second kappa shape index (κ2) is 5.10. The zero-order valence-electron chi connectivity index (χ0n) is 8.34. The van der Waals surface area contributed by atoms with Gasteiger partial charge in [-0.1, -0.05) is 0 Å². The first-order chi connectivity index (χ1) is 5.75. The Bertz CT molecular complexity index is 126. The maximum absolute atomic E-state index is 3.31. The van der Waals surface area contributed by atoms with E-state index in [0.717, 1.165) is 12.1 Å². The molecule has 0 amide bonds. The van der Waals surface area contributed by atoms with Crippen molar-refractivity contribution < 1.29 is 0 Å². The average Bonchev–Trinajstić information content (AvgIpc) is 1.96. The summed E-state index contributed by atoms with van der Waals surface area (Å²) in [6.07, 6.45) is 3.49. The van der Waals surface area contributed by atoms with Crippen LogP contribution in [0.25, 0.3) is 0 Å². The molecule has 0 bridgehead atoms. The molecule has 72 valence electrons. The summed E-state index contributed by atoms with van der Waals surface area (Å²) >= 11 is 1.94. The van der Waals surface area contributed by atoms with Crippen molar-refractivity contribution in [3.63, 3.8) is 0 Å². The van der Waals surface area contributed by atoms with E-state index in [2.05, 4.69) is 30.4 Å². The second-order valence-corrected chi connectivity index (χ2v) is 4.59. The van der Waals surface area contributed by atoms with E-state index in [1.165, 1.54) is 25.3 Å². The third-order valence-corrected chi connectivity index (χ3v) is 3.41. The van der Waals surface area contributed by atoms with Gasteiger partial charge >= 0.3 is 0 Å². The maximum Gasteiger partial charge on any atom is 0.0345 e. The molecule has 0 aromatic carbocycles. The molecule has 0 aromatic heterocycles. The summed E-state index contributed by atoms with van der Waals surface area (Å²) in [4.78, 5) is 2.51. The van der Waals surface area contributed by atoms with Crippen LogP contribution in [0, 0.1) is 0 Å². The van der Waals surface area contributed by atoms with Crippen molar-refractivity contribution >= 4 is 11.8 Å². The monoisotopic (exact) mass is 188 g/mol. The molecule has 12 heavy (non-hydrogen) atoms. The van der Waals surface area contributed by atoms with Crippen molar-refractivity contribution in [2.45, 2.75) is 25.4 Å². The summed E-state index contributed by atoms with van der Waals surface area (Å²) in [7, 11) is 2.25. The summed E-state index contributed by atoms with van der Waals surface area (Å²) in [5.74, 6) is 1.28. The van der Waals surface area contributed by atoms with E-state index in [0.29, 0.717) is 0 Å². The normalized spacial score (nSPS) is 21.0. The van der Waals surface area contributed by atoms with Crippen LogP contribution in [-0.2, 0) is 0 Å². The molecule has 0 radical (unpaired) electrons. The van der Waals surface area contributed by atoms with Crippen molar-refractivity contribution in [2.24, 2.45) is 0 Å². The molecule has 2 nitrogen and oxygen atoms in total. The summed E-state index contributed by atoms with van der Waals surface area (Å²) in [6.45, 7) is 4.69. The minimum absolute atomic E-state index is 0.740. The van der Waals surface area contributed by atoms with Gasteiger partial charge in [0.1, 0.15) is 0 Å². The number of hydrogen-bond acceptors (Lipinski definition) is 3.